The van der Waals surface area contributed by atoms with Gasteiger partial charge >= 0.3 is 0 Å². The van der Waals surface area contributed by atoms with Crippen LogP contribution in [0.5, 0.6) is 0 Å². The second-order valence-electron chi connectivity index (χ2n) is 6.67. The van der Waals surface area contributed by atoms with Crippen LogP contribution in [0.4, 0.5) is 0 Å². The molecular weight excluding hydrogens is 288 g/mol. The normalized spacial score (nSPS) is 21.6. The van der Waals surface area contributed by atoms with Gasteiger partial charge in [0, 0.05) is 20.1 Å². The maximum atomic E-state index is 12.3. The zero-order valence-corrected chi connectivity index (χ0v) is 14.8. The fourth-order valence-corrected chi connectivity index (χ4v) is 4.45. The standard InChI is InChI=1S/C15H32N2O3S/c1-5-13(2)12-21(19,20)16(4)11-15-6-8-17(9-7-15)10-14(3)18/h13-15,18H,5-12H2,1-4H3. The van der Waals surface area contributed by atoms with Crippen molar-refractivity contribution in [2.45, 2.75) is 46.1 Å². The van der Waals surface area contributed by atoms with E-state index in [2.05, 4.69) is 4.90 Å². The first-order valence-electron chi connectivity index (χ1n) is 8.09. The van der Waals surface area contributed by atoms with E-state index in [9.17, 15) is 13.5 Å². The van der Waals surface area contributed by atoms with E-state index in [0.717, 1.165) is 38.9 Å². The van der Waals surface area contributed by atoms with Gasteiger partial charge in [0.2, 0.25) is 10.0 Å². The zero-order valence-electron chi connectivity index (χ0n) is 14.0. The highest BCUT2D eigenvalue weighted by Gasteiger charge is 2.26. The summed E-state index contributed by atoms with van der Waals surface area (Å²) in [6.45, 7) is 9.07. The maximum absolute atomic E-state index is 12.3. The van der Waals surface area contributed by atoms with Gasteiger partial charge < -0.3 is 10.0 Å². The summed E-state index contributed by atoms with van der Waals surface area (Å²) in [6, 6.07) is 0. The van der Waals surface area contributed by atoms with Gasteiger partial charge in [-0.1, -0.05) is 20.3 Å². The Bertz CT molecular complexity index is 390. The van der Waals surface area contributed by atoms with E-state index in [1.165, 1.54) is 0 Å². The van der Waals surface area contributed by atoms with Crippen LogP contribution in [0.1, 0.15) is 40.0 Å². The SMILES string of the molecule is CCC(C)CS(=O)(=O)N(C)CC1CCN(CC(C)O)CC1. The number of hydrogen-bond acceptors (Lipinski definition) is 4. The Morgan fingerprint density at radius 2 is 1.86 bits per heavy atom. The Kier molecular flexibility index (Phi) is 7.60. The van der Waals surface area contributed by atoms with Crippen LogP contribution in [-0.4, -0.2) is 67.8 Å². The van der Waals surface area contributed by atoms with Crippen molar-refractivity contribution in [3.63, 3.8) is 0 Å². The molecule has 0 amide bonds. The van der Waals surface area contributed by atoms with Crippen molar-refractivity contribution in [3.05, 3.63) is 0 Å². The molecule has 6 heteroatoms. The third-order valence-corrected chi connectivity index (χ3v) is 6.50. The number of rotatable bonds is 8. The van der Waals surface area contributed by atoms with Crippen molar-refractivity contribution in [2.75, 3.05) is 39.0 Å². The van der Waals surface area contributed by atoms with Gasteiger partial charge in [0.05, 0.1) is 11.9 Å². The summed E-state index contributed by atoms with van der Waals surface area (Å²) >= 11 is 0. The highest BCUT2D eigenvalue weighted by molar-refractivity contribution is 7.89. The lowest BCUT2D eigenvalue weighted by atomic mass is 9.97. The second kappa shape index (κ2) is 8.46. The summed E-state index contributed by atoms with van der Waals surface area (Å²) < 4.78 is 26.1. The smallest absolute Gasteiger partial charge is 0.214 e. The molecule has 1 fully saturated rings. The van der Waals surface area contributed by atoms with Gasteiger partial charge in [-0.15, -0.1) is 0 Å². The summed E-state index contributed by atoms with van der Waals surface area (Å²) in [5, 5.41) is 9.40. The van der Waals surface area contributed by atoms with Crippen LogP contribution in [0.2, 0.25) is 0 Å². The Balaban J connectivity index is 2.41. The van der Waals surface area contributed by atoms with Gasteiger partial charge in [-0.3, -0.25) is 0 Å². The van der Waals surface area contributed by atoms with Crippen molar-refractivity contribution in [2.24, 2.45) is 11.8 Å². The van der Waals surface area contributed by atoms with Crippen LogP contribution >= 0.6 is 0 Å². The van der Waals surface area contributed by atoms with E-state index < -0.39 is 10.0 Å². The molecule has 1 aliphatic heterocycles. The lowest BCUT2D eigenvalue weighted by Crippen LogP contribution is -2.42. The molecule has 1 aliphatic rings. The number of β-amino-alcohol motifs (C(OH)–C–C–N with tert-alkyl or cyclic N) is 1. The highest BCUT2D eigenvalue weighted by atomic mass is 32.2. The third kappa shape index (κ3) is 6.63. The van der Waals surface area contributed by atoms with Gasteiger partial charge in [-0.05, 0) is 44.7 Å². The predicted octanol–water partition coefficient (Wildman–Crippen LogP) is 1.39. The Labute approximate surface area is 130 Å². The topological polar surface area (TPSA) is 60.9 Å². The molecule has 1 N–H and O–H groups in total. The van der Waals surface area contributed by atoms with Crippen LogP contribution < -0.4 is 0 Å². The number of aliphatic hydroxyl groups is 1. The molecule has 1 saturated heterocycles. The fourth-order valence-electron chi connectivity index (χ4n) is 2.81. The van der Waals surface area contributed by atoms with E-state index in [0.29, 0.717) is 12.5 Å². The minimum absolute atomic E-state index is 0.213. The van der Waals surface area contributed by atoms with E-state index in [1.54, 1.807) is 18.3 Å². The molecule has 0 radical (unpaired) electrons. The molecule has 1 heterocycles. The molecule has 0 bridgehead atoms. The largest absolute Gasteiger partial charge is 0.392 e. The van der Waals surface area contributed by atoms with E-state index in [1.807, 2.05) is 13.8 Å². The van der Waals surface area contributed by atoms with E-state index in [-0.39, 0.29) is 17.8 Å². The number of aliphatic hydroxyl groups excluding tert-OH is 1. The van der Waals surface area contributed by atoms with Crippen LogP contribution in [0.3, 0.4) is 0 Å². The fraction of sp³-hybridized carbons (Fsp3) is 1.00. The van der Waals surface area contributed by atoms with Gasteiger partial charge in [-0.25, -0.2) is 12.7 Å². The number of nitrogens with zero attached hydrogens (tertiary/aromatic N) is 2. The predicted molar refractivity (Wildman–Crippen MR) is 86.7 cm³/mol. The molecule has 0 aromatic rings. The average Bonchev–Trinajstić information content (AvgIpc) is 2.39. The summed E-state index contributed by atoms with van der Waals surface area (Å²) in [4.78, 5) is 2.26. The van der Waals surface area contributed by atoms with Crippen molar-refractivity contribution in [1.29, 1.82) is 0 Å². The van der Waals surface area contributed by atoms with Crippen LogP contribution in [0.25, 0.3) is 0 Å². The minimum atomic E-state index is -3.12. The van der Waals surface area contributed by atoms with E-state index >= 15 is 0 Å². The molecule has 0 aromatic heterocycles. The summed E-state index contributed by atoms with van der Waals surface area (Å²) in [5.74, 6) is 0.901. The van der Waals surface area contributed by atoms with Gasteiger partial charge in [-0.2, -0.15) is 0 Å². The minimum Gasteiger partial charge on any atom is -0.392 e. The monoisotopic (exact) mass is 320 g/mol. The molecule has 2 atom stereocenters. The molecule has 1 rings (SSSR count). The van der Waals surface area contributed by atoms with Crippen molar-refractivity contribution in [3.8, 4) is 0 Å². The number of piperidine rings is 1. The van der Waals surface area contributed by atoms with Crippen molar-refractivity contribution in [1.82, 2.24) is 9.21 Å². The molecule has 0 saturated carbocycles. The molecule has 0 spiro atoms. The first-order valence-corrected chi connectivity index (χ1v) is 9.70. The first kappa shape index (κ1) is 18.9. The Hall–Kier alpha value is -0.170. The lowest BCUT2D eigenvalue weighted by Gasteiger charge is -2.34. The molecular formula is C15H32N2O3S. The summed E-state index contributed by atoms with van der Waals surface area (Å²) in [6.07, 6.45) is 2.62. The van der Waals surface area contributed by atoms with E-state index in [4.69, 9.17) is 0 Å². The third-order valence-electron chi connectivity index (χ3n) is 4.41. The van der Waals surface area contributed by atoms with Gasteiger partial charge in [0.1, 0.15) is 0 Å². The Morgan fingerprint density at radius 1 is 1.29 bits per heavy atom. The quantitative estimate of drug-likeness (QED) is 0.734. The number of sulfonamides is 1. The van der Waals surface area contributed by atoms with Crippen molar-refractivity contribution >= 4 is 10.0 Å². The molecule has 0 aliphatic carbocycles. The molecule has 5 nitrogen and oxygen atoms in total. The molecule has 2 unspecified atom stereocenters. The molecule has 0 aromatic carbocycles. The van der Waals surface area contributed by atoms with Crippen LogP contribution in [0.15, 0.2) is 0 Å². The average molecular weight is 320 g/mol. The maximum Gasteiger partial charge on any atom is 0.214 e. The zero-order chi connectivity index (χ0) is 16.0. The molecule has 21 heavy (non-hydrogen) atoms. The van der Waals surface area contributed by atoms with Gasteiger partial charge in [0.25, 0.3) is 0 Å². The van der Waals surface area contributed by atoms with Crippen molar-refractivity contribution < 1.29 is 13.5 Å². The van der Waals surface area contributed by atoms with Crippen LogP contribution in [-0.2, 0) is 10.0 Å². The summed E-state index contributed by atoms with van der Waals surface area (Å²) in [7, 11) is -1.42. The summed E-state index contributed by atoms with van der Waals surface area (Å²) in [5.41, 5.74) is 0. The number of likely N-dealkylation sites (tertiary alicyclic amines) is 1. The second-order valence-corrected chi connectivity index (χ2v) is 8.79. The molecule has 126 valence electrons. The van der Waals surface area contributed by atoms with Gasteiger partial charge in [0.15, 0.2) is 0 Å². The first-order chi connectivity index (χ1) is 9.74. The Morgan fingerprint density at radius 3 is 2.33 bits per heavy atom. The highest BCUT2D eigenvalue weighted by Crippen LogP contribution is 2.20. The lowest BCUT2D eigenvalue weighted by molar-refractivity contribution is 0.0972. The van der Waals surface area contributed by atoms with Crippen LogP contribution in [0, 0.1) is 11.8 Å². The number of hydrogen-bond donors (Lipinski definition) is 1.